The Labute approximate surface area is 86.9 Å². The van der Waals surface area contributed by atoms with Gasteiger partial charge in [-0.05, 0) is 25.3 Å². The number of aromatic amines is 1. The van der Waals surface area contributed by atoms with Crippen LogP contribution in [-0.4, -0.2) is 16.1 Å². The second-order valence-corrected chi connectivity index (χ2v) is 4.01. The molecular formula is C10H15N3O2. The molecule has 2 unspecified atom stereocenters. The quantitative estimate of drug-likeness (QED) is 0.710. The van der Waals surface area contributed by atoms with Crippen LogP contribution in [0.25, 0.3) is 0 Å². The van der Waals surface area contributed by atoms with E-state index in [0.717, 1.165) is 19.3 Å². The number of hydrogen-bond acceptors (Lipinski definition) is 3. The summed E-state index contributed by atoms with van der Waals surface area (Å²) in [6.45, 7) is 0.593. The second-order valence-electron chi connectivity index (χ2n) is 4.01. The van der Waals surface area contributed by atoms with Crippen LogP contribution in [0.3, 0.4) is 0 Å². The molecule has 0 radical (unpaired) electrons. The lowest BCUT2D eigenvalue weighted by Gasteiger charge is -2.19. The van der Waals surface area contributed by atoms with Gasteiger partial charge in [-0.25, -0.2) is 4.79 Å². The van der Waals surface area contributed by atoms with Crippen LogP contribution >= 0.6 is 0 Å². The fourth-order valence-electron chi connectivity index (χ4n) is 2.35. The summed E-state index contributed by atoms with van der Waals surface area (Å²) in [5.41, 5.74) is 4.98. The van der Waals surface area contributed by atoms with Crippen LogP contribution in [0.15, 0.2) is 21.9 Å². The molecule has 3 N–H and O–H groups in total. The van der Waals surface area contributed by atoms with Crippen LogP contribution in [0.5, 0.6) is 0 Å². The standard InChI is InChI=1S/C10H15N3O2/c11-6-7-2-1-3-8(7)13-5-4-9(14)12-10(13)15/h4-5,7-8H,1-3,6,11H2,(H,12,14,15). The summed E-state index contributed by atoms with van der Waals surface area (Å²) in [4.78, 5) is 24.7. The Hall–Kier alpha value is -1.36. The summed E-state index contributed by atoms with van der Waals surface area (Å²) in [5.74, 6) is 0.355. The minimum absolute atomic E-state index is 0.152. The Kier molecular flexibility index (Phi) is 2.73. The normalized spacial score (nSPS) is 25.7. The maximum absolute atomic E-state index is 11.6. The first kappa shape index (κ1) is 10.2. The predicted molar refractivity (Wildman–Crippen MR) is 56.8 cm³/mol. The van der Waals surface area contributed by atoms with Gasteiger partial charge in [0.05, 0.1) is 0 Å². The monoisotopic (exact) mass is 209 g/mol. The minimum atomic E-state index is -0.349. The molecule has 0 spiro atoms. The molecule has 5 heteroatoms. The van der Waals surface area contributed by atoms with Crippen molar-refractivity contribution in [3.8, 4) is 0 Å². The van der Waals surface area contributed by atoms with Gasteiger partial charge < -0.3 is 5.73 Å². The van der Waals surface area contributed by atoms with E-state index in [-0.39, 0.29) is 17.3 Å². The third kappa shape index (κ3) is 1.87. The molecular weight excluding hydrogens is 194 g/mol. The Balaban J connectivity index is 2.37. The number of nitrogens with one attached hydrogen (secondary N) is 1. The average molecular weight is 209 g/mol. The highest BCUT2D eigenvalue weighted by molar-refractivity contribution is 4.90. The Morgan fingerprint density at radius 3 is 2.93 bits per heavy atom. The van der Waals surface area contributed by atoms with Gasteiger partial charge in [-0.3, -0.25) is 14.3 Å². The van der Waals surface area contributed by atoms with Crippen molar-refractivity contribution in [3.05, 3.63) is 33.1 Å². The average Bonchev–Trinajstić information content (AvgIpc) is 2.65. The fourth-order valence-corrected chi connectivity index (χ4v) is 2.35. The molecule has 15 heavy (non-hydrogen) atoms. The Morgan fingerprint density at radius 2 is 2.27 bits per heavy atom. The topological polar surface area (TPSA) is 80.9 Å². The van der Waals surface area contributed by atoms with Crippen molar-refractivity contribution in [1.82, 2.24) is 9.55 Å². The van der Waals surface area contributed by atoms with Crippen LogP contribution in [0, 0.1) is 5.92 Å². The predicted octanol–water partition coefficient (Wildman–Crippen LogP) is -0.163. The lowest BCUT2D eigenvalue weighted by molar-refractivity contribution is 0.373. The van der Waals surface area contributed by atoms with E-state index in [9.17, 15) is 9.59 Å². The Morgan fingerprint density at radius 1 is 1.47 bits per heavy atom. The third-order valence-corrected chi connectivity index (χ3v) is 3.13. The highest BCUT2D eigenvalue weighted by Gasteiger charge is 2.27. The van der Waals surface area contributed by atoms with Crippen molar-refractivity contribution in [2.75, 3.05) is 6.54 Å². The van der Waals surface area contributed by atoms with Crippen LogP contribution in [-0.2, 0) is 0 Å². The van der Waals surface area contributed by atoms with Crippen molar-refractivity contribution in [3.63, 3.8) is 0 Å². The molecule has 1 aliphatic rings. The molecule has 1 heterocycles. The van der Waals surface area contributed by atoms with Gasteiger partial charge in [-0.15, -0.1) is 0 Å². The van der Waals surface area contributed by atoms with Crippen LogP contribution in [0.2, 0.25) is 0 Å². The van der Waals surface area contributed by atoms with Crippen molar-refractivity contribution in [2.24, 2.45) is 11.7 Å². The second kappa shape index (κ2) is 4.02. The molecule has 2 rings (SSSR count). The van der Waals surface area contributed by atoms with E-state index in [2.05, 4.69) is 4.98 Å². The van der Waals surface area contributed by atoms with E-state index in [1.54, 1.807) is 10.8 Å². The number of rotatable bonds is 2. The zero-order chi connectivity index (χ0) is 10.8. The largest absolute Gasteiger partial charge is 0.330 e. The highest BCUT2D eigenvalue weighted by atomic mass is 16.2. The lowest BCUT2D eigenvalue weighted by atomic mass is 10.0. The van der Waals surface area contributed by atoms with E-state index >= 15 is 0 Å². The molecule has 1 aliphatic carbocycles. The molecule has 0 bridgehead atoms. The summed E-state index contributed by atoms with van der Waals surface area (Å²) in [5, 5.41) is 0. The number of H-pyrrole nitrogens is 1. The van der Waals surface area contributed by atoms with E-state index in [0.29, 0.717) is 12.5 Å². The van der Waals surface area contributed by atoms with E-state index in [4.69, 9.17) is 5.73 Å². The van der Waals surface area contributed by atoms with Gasteiger partial charge in [0.2, 0.25) is 0 Å². The van der Waals surface area contributed by atoms with Crippen LogP contribution < -0.4 is 17.0 Å². The number of nitrogens with zero attached hydrogens (tertiary/aromatic N) is 1. The fraction of sp³-hybridized carbons (Fsp3) is 0.600. The number of hydrogen-bond donors (Lipinski definition) is 2. The molecule has 1 aromatic heterocycles. The van der Waals surface area contributed by atoms with Crippen molar-refractivity contribution in [2.45, 2.75) is 25.3 Å². The molecule has 1 aromatic rings. The summed E-state index contributed by atoms with van der Waals surface area (Å²) >= 11 is 0. The molecule has 1 saturated carbocycles. The van der Waals surface area contributed by atoms with E-state index in [1.165, 1.54) is 6.07 Å². The van der Waals surface area contributed by atoms with E-state index in [1.807, 2.05) is 0 Å². The zero-order valence-corrected chi connectivity index (χ0v) is 8.48. The Bertz CT molecular complexity index is 448. The van der Waals surface area contributed by atoms with Crippen molar-refractivity contribution < 1.29 is 0 Å². The van der Waals surface area contributed by atoms with Gasteiger partial charge in [-0.2, -0.15) is 0 Å². The first-order valence-electron chi connectivity index (χ1n) is 5.24. The first-order valence-corrected chi connectivity index (χ1v) is 5.24. The van der Waals surface area contributed by atoms with Crippen molar-refractivity contribution in [1.29, 1.82) is 0 Å². The van der Waals surface area contributed by atoms with Gasteiger partial charge in [0.1, 0.15) is 0 Å². The van der Waals surface area contributed by atoms with Gasteiger partial charge >= 0.3 is 5.69 Å². The maximum Gasteiger partial charge on any atom is 0.328 e. The molecule has 5 nitrogen and oxygen atoms in total. The highest BCUT2D eigenvalue weighted by Crippen LogP contribution is 2.33. The molecule has 0 amide bonds. The summed E-state index contributed by atoms with van der Waals surface area (Å²) < 4.78 is 1.60. The van der Waals surface area contributed by atoms with Gasteiger partial charge in [-0.1, -0.05) is 6.42 Å². The smallest absolute Gasteiger partial charge is 0.328 e. The summed E-state index contributed by atoms with van der Waals surface area (Å²) in [6.07, 6.45) is 4.69. The first-order chi connectivity index (χ1) is 7.22. The van der Waals surface area contributed by atoms with Crippen LogP contribution in [0.1, 0.15) is 25.3 Å². The lowest BCUT2D eigenvalue weighted by Crippen LogP contribution is -2.34. The molecule has 82 valence electrons. The van der Waals surface area contributed by atoms with Crippen molar-refractivity contribution >= 4 is 0 Å². The molecule has 0 aromatic carbocycles. The molecule has 0 saturated heterocycles. The molecule has 0 aliphatic heterocycles. The minimum Gasteiger partial charge on any atom is -0.330 e. The number of nitrogens with two attached hydrogens (primary N) is 1. The molecule has 1 fully saturated rings. The van der Waals surface area contributed by atoms with Crippen LogP contribution in [0.4, 0.5) is 0 Å². The summed E-state index contributed by atoms with van der Waals surface area (Å²) in [7, 11) is 0. The SMILES string of the molecule is NCC1CCCC1n1ccc(=O)[nH]c1=O. The zero-order valence-electron chi connectivity index (χ0n) is 8.48. The van der Waals surface area contributed by atoms with Gasteiger partial charge in [0.25, 0.3) is 5.56 Å². The van der Waals surface area contributed by atoms with Gasteiger partial charge in [0, 0.05) is 18.3 Å². The van der Waals surface area contributed by atoms with E-state index < -0.39 is 0 Å². The third-order valence-electron chi connectivity index (χ3n) is 3.13. The molecule has 2 atom stereocenters. The maximum atomic E-state index is 11.6. The number of aromatic nitrogens is 2. The van der Waals surface area contributed by atoms with Gasteiger partial charge in [0.15, 0.2) is 0 Å². The summed E-state index contributed by atoms with van der Waals surface area (Å²) in [6, 6.07) is 1.53.